The van der Waals surface area contributed by atoms with Crippen LogP contribution in [0.15, 0.2) is 34.8 Å². The minimum atomic E-state index is -0.0350. The Hall–Kier alpha value is -2.21. The quantitative estimate of drug-likeness (QED) is 0.834. The predicted octanol–water partition coefficient (Wildman–Crippen LogP) is 3.33. The van der Waals surface area contributed by atoms with Gasteiger partial charge in [-0.25, -0.2) is 0 Å². The monoisotopic (exact) mass is 348 g/mol. The molecule has 0 bridgehead atoms. The molecule has 0 fully saturated rings. The highest BCUT2D eigenvalue weighted by Crippen LogP contribution is 2.38. The molecule has 2 aromatic carbocycles. The largest absolute Gasteiger partial charge is 0.497 e. The number of methoxy groups -OCH3 is 1. The lowest BCUT2D eigenvalue weighted by molar-refractivity contribution is -0.115. The third-order valence-corrected chi connectivity index (χ3v) is 3.84. The van der Waals surface area contributed by atoms with Gasteiger partial charge in [0.2, 0.25) is 5.91 Å². The second-order valence-corrected chi connectivity index (χ2v) is 5.52. The van der Waals surface area contributed by atoms with E-state index in [9.17, 15) is 4.79 Å². The molecule has 0 spiro atoms. The summed E-state index contributed by atoms with van der Waals surface area (Å²) in [7, 11) is 1.60. The number of amides is 1. The van der Waals surface area contributed by atoms with Gasteiger partial charge in [-0.3, -0.25) is 4.79 Å². The fourth-order valence-electron chi connectivity index (χ4n) is 2.17. The summed E-state index contributed by atoms with van der Waals surface area (Å²) in [6, 6.07) is 8.90. The third-order valence-electron chi connectivity index (χ3n) is 3.22. The summed E-state index contributed by atoms with van der Waals surface area (Å²) in [5.41, 5.74) is 8.11. The minimum absolute atomic E-state index is 0.0350. The standard InChI is InChI=1S/C15H13BrN2O3/c1-20-9-2-3-13(10(16)6-9)21-14-7-12-8(4-11(14)17)5-15(19)18-12/h2-4,6-7H,5,17H2,1H3,(H,18,19). The summed E-state index contributed by atoms with van der Waals surface area (Å²) >= 11 is 3.43. The van der Waals surface area contributed by atoms with Crippen LogP contribution in [0.2, 0.25) is 0 Å². The van der Waals surface area contributed by atoms with Gasteiger partial charge in [-0.05, 0) is 45.8 Å². The number of ether oxygens (including phenoxy) is 2. The first-order chi connectivity index (χ1) is 10.1. The van der Waals surface area contributed by atoms with Crippen molar-refractivity contribution in [3.05, 3.63) is 40.4 Å². The Morgan fingerprint density at radius 3 is 2.76 bits per heavy atom. The number of nitrogens with one attached hydrogen (secondary N) is 1. The van der Waals surface area contributed by atoms with Crippen molar-refractivity contribution < 1.29 is 14.3 Å². The molecule has 0 atom stereocenters. The summed E-state index contributed by atoms with van der Waals surface area (Å²) in [4.78, 5) is 11.4. The van der Waals surface area contributed by atoms with Crippen LogP contribution in [0.3, 0.4) is 0 Å². The summed E-state index contributed by atoms with van der Waals surface area (Å²) < 4.78 is 11.7. The summed E-state index contributed by atoms with van der Waals surface area (Å²) in [5.74, 6) is 1.81. The van der Waals surface area contributed by atoms with Crippen LogP contribution < -0.4 is 20.5 Å². The first-order valence-electron chi connectivity index (χ1n) is 6.30. The molecule has 5 nitrogen and oxygen atoms in total. The minimum Gasteiger partial charge on any atom is -0.497 e. The number of hydrogen-bond acceptors (Lipinski definition) is 4. The van der Waals surface area contributed by atoms with Crippen LogP contribution in [0, 0.1) is 0 Å². The van der Waals surface area contributed by atoms with E-state index in [2.05, 4.69) is 21.2 Å². The molecule has 2 aromatic rings. The van der Waals surface area contributed by atoms with Gasteiger partial charge in [-0.2, -0.15) is 0 Å². The van der Waals surface area contributed by atoms with E-state index >= 15 is 0 Å². The second kappa shape index (κ2) is 5.29. The number of halogens is 1. The SMILES string of the molecule is COc1ccc(Oc2cc3c(cc2N)CC(=O)N3)c(Br)c1. The fraction of sp³-hybridized carbons (Fsp3) is 0.133. The van der Waals surface area contributed by atoms with Crippen molar-refractivity contribution in [3.63, 3.8) is 0 Å². The van der Waals surface area contributed by atoms with Gasteiger partial charge in [-0.15, -0.1) is 0 Å². The van der Waals surface area contributed by atoms with Crippen LogP contribution >= 0.6 is 15.9 Å². The zero-order valence-corrected chi connectivity index (χ0v) is 12.9. The van der Waals surface area contributed by atoms with E-state index in [4.69, 9.17) is 15.2 Å². The lowest BCUT2D eigenvalue weighted by Crippen LogP contribution is -2.03. The second-order valence-electron chi connectivity index (χ2n) is 4.67. The molecule has 21 heavy (non-hydrogen) atoms. The Bertz CT molecular complexity index is 731. The first-order valence-corrected chi connectivity index (χ1v) is 7.10. The van der Waals surface area contributed by atoms with Gasteiger partial charge >= 0.3 is 0 Å². The number of carbonyl (C=O) groups is 1. The molecule has 0 radical (unpaired) electrons. The zero-order chi connectivity index (χ0) is 15.0. The lowest BCUT2D eigenvalue weighted by Gasteiger charge is -2.12. The van der Waals surface area contributed by atoms with E-state index in [-0.39, 0.29) is 5.91 Å². The smallest absolute Gasteiger partial charge is 0.228 e. The van der Waals surface area contributed by atoms with Crippen molar-refractivity contribution in [3.8, 4) is 17.2 Å². The number of carbonyl (C=O) groups excluding carboxylic acids is 1. The molecule has 0 aliphatic carbocycles. The van der Waals surface area contributed by atoms with Gasteiger partial charge in [0.15, 0.2) is 5.75 Å². The van der Waals surface area contributed by atoms with Crippen LogP contribution in [-0.2, 0) is 11.2 Å². The number of nitrogen functional groups attached to an aromatic ring is 1. The van der Waals surface area contributed by atoms with Crippen LogP contribution in [0.5, 0.6) is 17.2 Å². The van der Waals surface area contributed by atoms with Crippen molar-refractivity contribution in [2.45, 2.75) is 6.42 Å². The Morgan fingerprint density at radius 1 is 1.24 bits per heavy atom. The highest BCUT2D eigenvalue weighted by Gasteiger charge is 2.20. The van der Waals surface area contributed by atoms with Crippen LogP contribution in [0.4, 0.5) is 11.4 Å². The Kier molecular flexibility index (Phi) is 3.47. The summed E-state index contributed by atoms with van der Waals surface area (Å²) in [5, 5.41) is 2.78. The molecule has 0 saturated heterocycles. The van der Waals surface area contributed by atoms with E-state index in [1.807, 2.05) is 0 Å². The van der Waals surface area contributed by atoms with Gasteiger partial charge in [0.05, 0.1) is 23.7 Å². The van der Waals surface area contributed by atoms with Gasteiger partial charge in [0.25, 0.3) is 0 Å². The van der Waals surface area contributed by atoms with Crippen LogP contribution in [0.25, 0.3) is 0 Å². The van der Waals surface area contributed by atoms with Crippen molar-refractivity contribution >= 4 is 33.2 Å². The Labute approximate surface area is 130 Å². The molecule has 108 valence electrons. The average Bonchev–Trinajstić information content (AvgIpc) is 2.80. The molecule has 3 rings (SSSR count). The number of benzene rings is 2. The van der Waals surface area contributed by atoms with Crippen LogP contribution in [-0.4, -0.2) is 13.0 Å². The molecule has 1 aliphatic rings. The molecule has 0 saturated carbocycles. The van der Waals surface area contributed by atoms with Gasteiger partial charge in [0, 0.05) is 11.8 Å². The Morgan fingerprint density at radius 2 is 2.05 bits per heavy atom. The van der Waals surface area contributed by atoms with Crippen molar-refractivity contribution in [2.24, 2.45) is 0 Å². The highest BCUT2D eigenvalue weighted by molar-refractivity contribution is 9.10. The van der Waals surface area contributed by atoms with Crippen LogP contribution in [0.1, 0.15) is 5.56 Å². The molecule has 1 heterocycles. The number of nitrogens with two attached hydrogens (primary N) is 1. The maximum Gasteiger partial charge on any atom is 0.228 e. The summed E-state index contributed by atoms with van der Waals surface area (Å²) in [6.07, 6.45) is 0.353. The topological polar surface area (TPSA) is 73.6 Å². The zero-order valence-electron chi connectivity index (χ0n) is 11.3. The molecule has 6 heteroatoms. The Balaban J connectivity index is 1.92. The molecule has 0 unspecified atom stereocenters. The van der Waals surface area contributed by atoms with E-state index in [0.717, 1.165) is 21.5 Å². The first kappa shape index (κ1) is 13.8. The van der Waals surface area contributed by atoms with Crippen molar-refractivity contribution in [1.82, 2.24) is 0 Å². The molecule has 1 amide bonds. The van der Waals surface area contributed by atoms with E-state index in [1.54, 1.807) is 37.4 Å². The van der Waals surface area contributed by atoms with E-state index in [1.165, 1.54) is 0 Å². The molecule has 0 aromatic heterocycles. The van der Waals surface area contributed by atoms with Gasteiger partial charge < -0.3 is 20.5 Å². The molecule has 3 N–H and O–H groups in total. The molecular formula is C15H13BrN2O3. The highest BCUT2D eigenvalue weighted by atomic mass is 79.9. The number of rotatable bonds is 3. The third kappa shape index (κ3) is 2.67. The molecule has 1 aliphatic heterocycles. The van der Waals surface area contributed by atoms with Crippen molar-refractivity contribution in [1.29, 1.82) is 0 Å². The predicted molar refractivity (Wildman–Crippen MR) is 84.0 cm³/mol. The molecular weight excluding hydrogens is 336 g/mol. The average molecular weight is 349 g/mol. The number of anilines is 2. The van der Waals surface area contributed by atoms with E-state index < -0.39 is 0 Å². The van der Waals surface area contributed by atoms with Gasteiger partial charge in [-0.1, -0.05) is 0 Å². The van der Waals surface area contributed by atoms with E-state index in [0.29, 0.717) is 23.6 Å². The lowest BCUT2D eigenvalue weighted by atomic mass is 10.1. The maximum atomic E-state index is 11.4. The van der Waals surface area contributed by atoms with Gasteiger partial charge in [0.1, 0.15) is 11.5 Å². The van der Waals surface area contributed by atoms with Crippen molar-refractivity contribution in [2.75, 3.05) is 18.2 Å². The number of hydrogen-bond donors (Lipinski definition) is 2. The summed E-state index contributed by atoms with van der Waals surface area (Å²) in [6.45, 7) is 0. The number of fused-ring (bicyclic) bond motifs is 1. The fourth-order valence-corrected chi connectivity index (χ4v) is 2.61. The maximum absolute atomic E-state index is 11.4. The normalized spacial score (nSPS) is 12.8.